The summed E-state index contributed by atoms with van der Waals surface area (Å²) < 4.78 is 2.77. The summed E-state index contributed by atoms with van der Waals surface area (Å²) in [5.74, 6) is 0.646. The second-order valence-corrected chi connectivity index (χ2v) is 1.71. The van der Waals surface area contributed by atoms with Crippen molar-refractivity contribution in [2.45, 2.75) is 0 Å². The topological polar surface area (TPSA) is 37.8 Å². The van der Waals surface area contributed by atoms with Crippen LogP contribution in [0.3, 0.4) is 0 Å². The Morgan fingerprint density at radius 1 is 1.33 bits per heavy atom. The SMILES string of the molecule is INc1ncccn1.[Ag]. The van der Waals surface area contributed by atoms with Crippen LogP contribution in [0.25, 0.3) is 0 Å². The maximum atomic E-state index is 3.87. The average molecular weight is 329 g/mol. The Balaban J connectivity index is 0.000000640. The summed E-state index contributed by atoms with van der Waals surface area (Å²) in [5, 5.41) is 0. The van der Waals surface area contributed by atoms with Crippen molar-refractivity contribution in [3.8, 4) is 0 Å². The van der Waals surface area contributed by atoms with E-state index >= 15 is 0 Å². The molecule has 53 valence electrons. The Morgan fingerprint density at radius 2 is 1.89 bits per heavy atom. The van der Waals surface area contributed by atoms with Gasteiger partial charge >= 0.3 is 0 Å². The van der Waals surface area contributed by atoms with Gasteiger partial charge in [0.2, 0.25) is 5.95 Å². The average Bonchev–Trinajstić information content (AvgIpc) is 1.90. The molecular weight excluding hydrogens is 325 g/mol. The maximum absolute atomic E-state index is 3.87. The van der Waals surface area contributed by atoms with Gasteiger partial charge in [0.1, 0.15) is 0 Å². The normalized spacial score (nSPS) is 7.67. The Bertz CT molecular complexity index is 157. The summed E-state index contributed by atoms with van der Waals surface area (Å²) in [6, 6.07) is 1.78. The molecule has 1 heterocycles. The van der Waals surface area contributed by atoms with Crippen LogP contribution >= 0.6 is 22.9 Å². The van der Waals surface area contributed by atoms with Crippen LogP contribution in [-0.4, -0.2) is 9.97 Å². The van der Waals surface area contributed by atoms with Crippen LogP contribution in [0.2, 0.25) is 0 Å². The number of anilines is 1. The Morgan fingerprint density at radius 3 is 2.22 bits per heavy atom. The molecule has 0 aliphatic heterocycles. The quantitative estimate of drug-likeness (QED) is 0.479. The van der Waals surface area contributed by atoms with Crippen molar-refractivity contribution < 1.29 is 22.4 Å². The monoisotopic (exact) mass is 328 g/mol. The van der Waals surface area contributed by atoms with Crippen molar-refractivity contribution in [3.05, 3.63) is 18.5 Å². The Labute approximate surface area is 82.7 Å². The minimum atomic E-state index is 0. The second-order valence-electron chi connectivity index (χ2n) is 1.17. The Kier molecular flexibility index (Phi) is 5.36. The standard InChI is InChI=1S/C4H4IN3.Ag/c5-8-4-6-2-1-3-7-4;/h1-3H,(H,6,7,8);. The zero-order valence-electron chi connectivity index (χ0n) is 4.31. The third-order valence-electron chi connectivity index (χ3n) is 0.650. The molecule has 0 aliphatic rings. The van der Waals surface area contributed by atoms with Gasteiger partial charge in [0.25, 0.3) is 0 Å². The molecule has 0 saturated carbocycles. The molecule has 0 aliphatic carbocycles. The number of nitrogens with one attached hydrogen (secondary N) is 1. The van der Waals surface area contributed by atoms with Gasteiger partial charge in [0.05, 0.1) is 22.9 Å². The van der Waals surface area contributed by atoms with E-state index in [-0.39, 0.29) is 22.4 Å². The molecule has 0 fully saturated rings. The van der Waals surface area contributed by atoms with Gasteiger partial charge in [0, 0.05) is 34.8 Å². The van der Waals surface area contributed by atoms with E-state index < -0.39 is 0 Å². The summed E-state index contributed by atoms with van der Waals surface area (Å²) in [5.41, 5.74) is 0. The maximum Gasteiger partial charge on any atom is 0.231 e. The molecule has 0 aromatic carbocycles. The van der Waals surface area contributed by atoms with Gasteiger partial charge < -0.3 is 0 Å². The first-order chi connectivity index (χ1) is 3.93. The molecule has 5 heteroatoms. The van der Waals surface area contributed by atoms with Crippen LogP contribution in [0, 0.1) is 0 Å². The number of hydrogen-bond donors (Lipinski definition) is 1. The van der Waals surface area contributed by atoms with E-state index in [9.17, 15) is 0 Å². The summed E-state index contributed by atoms with van der Waals surface area (Å²) in [4.78, 5) is 7.74. The van der Waals surface area contributed by atoms with Gasteiger partial charge in [-0.25, -0.2) is 9.97 Å². The van der Waals surface area contributed by atoms with E-state index in [4.69, 9.17) is 0 Å². The van der Waals surface area contributed by atoms with Crippen molar-refractivity contribution in [1.29, 1.82) is 0 Å². The second kappa shape index (κ2) is 5.16. The van der Waals surface area contributed by atoms with Gasteiger partial charge in [-0.3, -0.25) is 3.53 Å². The molecule has 0 atom stereocenters. The van der Waals surface area contributed by atoms with E-state index in [1.54, 1.807) is 18.5 Å². The first-order valence-corrected chi connectivity index (χ1v) is 3.15. The van der Waals surface area contributed by atoms with Gasteiger partial charge in [-0.1, -0.05) is 0 Å². The number of aromatic nitrogens is 2. The van der Waals surface area contributed by atoms with Crippen LogP contribution in [0.15, 0.2) is 18.5 Å². The van der Waals surface area contributed by atoms with Crippen molar-refractivity contribution in [1.82, 2.24) is 9.97 Å². The molecule has 1 rings (SSSR count). The van der Waals surface area contributed by atoms with Crippen LogP contribution in [-0.2, 0) is 22.4 Å². The molecule has 9 heavy (non-hydrogen) atoms. The largest absolute Gasteiger partial charge is 0.297 e. The van der Waals surface area contributed by atoms with Gasteiger partial charge in [-0.2, -0.15) is 0 Å². The van der Waals surface area contributed by atoms with E-state index in [0.29, 0.717) is 5.95 Å². The fraction of sp³-hybridized carbons (Fsp3) is 0. The van der Waals surface area contributed by atoms with E-state index in [1.165, 1.54) is 0 Å². The first-order valence-electron chi connectivity index (χ1n) is 2.07. The number of rotatable bonds is 1. The molecule has 0 bridgehead atoms. The molecule has 0 spiro atoms. The van der Waals surface area contributed by atoms with E-state index in [1.807, 2.05) is 22.9 Å². The van der Waals surface area contributed by atoms with Gasteiger partial charge in [0.15, 0.2) is 0 Å². The minimum Gasteiger partial charge on any atom is -0.297 e. The summed E-state index contributed by atoms with van der Waals surface area (Å²) in [6.07, 6.45) is 3.38. The molecule has 0 unspecified atom stereocenters. The third-order valence-corrected chi connectivity index (χ3v) is 1.13. The third kappa shape index (κ3) is 3.14. The van der Waals surface area contributed by atoms with Crippen LogP contribution in [0.5, 0.6) is 0 Å². The summed E-state index contributed by atoms with van der Waals surface area (Å²) in [6.45, 7) is 0. The smallest absolute Gasteiger partial charge is 0.231 e. The fourth-order valence-corrected chi connectivity index (χ4v) is 0.626. The van der Waals surface area contributed by atoms with E-state index in [0.717, 1.165) is 0 Å². The van der Waals surface area contributed by atoms with Crippen molar-refractivity contribution in [2.24, 2.45) is 0 Å². The molecular formula is C4H4AgIN3. The molecule has 1 N–H and O–H groups in total. The zero-order valence-corrected chi connectivity index (χ0v) is 7.95. The molecule has 0 saturated heterocycles. The predicted molar refractivity (Wildman–Crippen MR) is 39.7 cm³/mol. The van der Waals surface area contributed by atoms with E-state index in [2.05, 4.69) is 13.5 Å². The molecule has 1 aromatic heterocycles. The molecule has 1 radical (unpaired) electrons. The molecule has 1 aromatic rings. The number of nitrogens with zero attached hydrogens (tertiary/aromatic N) is 2. The summed E-state index contributed by atoms with van der Waals surface area (Å²) in [7, 11) is 0. The van der Waals surface area contributed by atoms with Crippen molar-refractivity contribution in [3.63, 3.8) is 0 Å². The van der Waals surface area contributed by atoms with Gasteiger partial charge in [-0.15, -0.1) is 0 Å². The number of hydrogen-bond acceptors (Lipinski definition) is 3. The first kappa shape index (κ1) is 9.35. The van der Waals surface area contributed by atoms with Crippen LogP contribution in [0.4, 0.5) is 5.95 Å². The molecule has 0 amide bonds. The fourth-order valence-electron chi connectivity index (χ4n) is 0.348. The van der Waals surface area contributed by atoms with Crippen LogP contribution in [0.1, 0.15) is 0 Å². The van der Waals surface area contributed by atoms with Gasteiger partial charge in [-0.05, 0) is 6.07 Å². The summed E-state index contributed by atoms with van der Waals surface area (Å²) >= 11 is 1.98. The van der Waals surface area contributed by atoms with Crippen molar-refractivity contribution in [2.75, 3.05) is 3.53 Å². The predicted octanol–water partition coefficient (Wildman–Crippen LogP) is 1.24. The minimum absolute atomic E-state index is 0. The van der Waals surface area contributed by atoms with Crippen LogP contribution < -0.4 is 3.53 Å². The zero-order chi connectivity index (χ0) is 5.82. The van der Waals surface area contributed by atoms with Crippen molar-refractivity contribution >= 4 is 28.8 Å². The molecule has 3 nitrogen and oxygen atoms in total. The Hall–Kier alpha value is 0.350. The number of halogens is 1.